The fourth-order valence-corrected chi connectivity index (χ4v) is 10.3. The minimum absolute atomic E-state index is 1.15. The zero-order valence-electron chi connectivity index (χ0n) is 34.4. The Bertz CT molecular complexity index is 3890. The predicted molar refractivity (Wildman–Crippen MR) is 266 cm³/mol. The van der Waals surface area contributed by atoms with Gasteiger partial charge in [0.05, 0.1) is 44.5 Å². The zero-order chi connectivity index (χ0) is 41.4. The maximum absolute atomic E-state index is 2.49. The highest BCUT2D eigenvalue weighted by Gasteiger charge is 2.23. The second kappa shape index (κ2) is 14.1. The van der Waals surface area contributed by atoms with Crippen molar-refractivity contribution in [3.05, 3.63) is 237 Å². The molecule has 3 aromatic heterocycles. The molecular formula is C60H39N3. The summed E-state index contributed by atoms with van der Waals surface area (Å²) in [5.41, 5.74) is 17.7. The van der Waals surface area contributed by atoms with Crippen molar-refractivity contribution in [1.29, 1.82) is 0 Å². The third-order valence-electron chi connectivity index (χ3n) is 13.0. The molecule has 10 aromatic carbocycles. The van der Waals surface area contributed by atoms with E-state index >= 15 is 0 Å². The van der Waals surface area contributed by atoms with Crippen LogP contribution < -0.4 is 0 Å². The Hall–Kier alpha value is -8.40. The summed E-state index contributed by atoms with van der Waals surface area (Å²) < 4.78 is 7.42. The lowest BCUT2D eigenvalue weighted by Crippen LogP contribution is -1.99. The van der Waals surface area contributed by atoms with Crippen molar-refractivity contribution in [3.63, 3.8) is 0 Å². The SMILES string of the molecule is c1ccc(-c2ccc(-c3ccccc3)c(-n3c4ccccc4c4cc(-c5ccccc5-n5c6ccccc6c6c5ccc5c7ccccc7n(-c7ccccc7)c56)ccc43)c2)cc1. The van der Waals surface area contributed by atoms with E-state index in [2.05, 4.69) is 250 Å². The van der Waals surface area contributed by atoms with Gasteiger partial charge in [-0.25, -0.2) is 0 Å². The highest BCUT2D eigenvalue weighted by molar-refractivity contribution is 6.26. The van der Waals surface area contributed by atoms with Gasteiger partial charge in [0.25, 0.3) is 0 Å². The first-order chi connectivity index (χ1) is 31.3. The lowest BCUT2D eigenvalue weighted by Gasteiger charge is -2.17. The highest BCUT2D eigenvalue weighted by atomic mass is 15.0. The normalized spacial score (nSPS) is 11.8. The fourth-order valence-electron chi connectivity index (χ4n) is 10.3. The topological polar surface area (TPSA) is 14.8 Å². The van der Waals surface area contributed by atoms with E-state index in [1.165, 1.54) is 98.8 Å². The molecule has 0 radical (unpaired) electrons. The van der Waals surface area contributed by atoms with Crippen molar-refractivity contribution in [2.45, 2.75) is 0 Å². The Morgan fingerprint density at radius 2 is 0.746 bits per heavy atom. The van der Waals surface area contributed by atoms with E-state index in [0.29, 0.717) is 0 Å². The largest absolute Gasteiger partial charge is 0.309 e. The van der Waals surface area contributed by atoms with Gasteiger partial charge >= 0.3 is 0 Å². The first-order valence-electron chi connectivity index (χ1n) is 21.7. The molecule has 0 amide bonds. The maximum atomic E-state index is 2.49. The van der Waals surface area contributed by atoms with E-state index in [4.69, 9.17) is 0 Å². The van der Waals surface area contributed by atoms with Crippen molar-refractivity contribution in [3.8, 4) is 50.4 Å². The van der Waals surface area contributed by atoms with E-state index in [1.807, 2.05) is 0 Å². The minimum atomic E-state index is 1.15. The molecule has 0 atom stereocenters. The van der Waals surface area contributed by atoms with Crippen LogP contribution in [0.1, 0.15) is 0 Å². The van der Waals surface area contributed by atoms with Crippen molar-refractivity contribution in [1.82, 2.24) is 13.7 Å². The van der Waals surface area contributed by atoms with Crippen LogP contribution in [0.4, 0.5) is 0 Å². The Morgan fingerprint density at radius 1 is 0.238 bits per heavy atom. The number of hydrogen-bond acceptors (Lipinski definition) is 0. The molecule has 3 nitrogen and oxygen atoms in total. The van der Waals surface area contributed by atoms with Crippen molar-refractivity contribution < 1.29 is 0 Å². The summed E-state index contributed by atoms with van der Waals surface area (Å²) in [4.78, 5) is 0. The number of rotatable bonds is 6. The van der Waals surface area contributed by atoms with Crippen molar-refractivity contribution in [2.75, 3.05) is 0 Å². The Labute approximate surface area is 364 Å². The maximum Gasteiger partial charge on any atom is 0.0641 e. The van der Waals surface area contributed by atoms with Crippen LogP contribution in [0.5, 0.6) is 0 Å². The van der Waals surface area contributed by atoms with Crippen LogP contribution in [0.3, 0.4) is 0 Å². The molecule has 0 bridgehead atoms. The second-order valence-corrected chi connectivity index (χ2v) is 16.5. The van der Waals surface area contributed by atoms with Gasteiger partial charge in [-0.05, 0) is 82.9 Å². The van der Waals surface area contributed by atoms with Crippen LogP contribution in [0.2, 0.25) is 0 Å². The fraction of sp³-hybridized carbons (Fsp3) is 0. The van der Waals surface area contributed by atoms with Crippen LogP contribution in [0, 0.1) is 0 Å². The van der Waals surface area contributed by atoms with E-state index in [0.717, 1.165) is 17.1 Å². The van der Waals surface area contributed by atoms with Crippen molar-refractivity contribution in [2.24, 2.45) is 0 Å². The van der Waals surface area contributed by atoms with E-state index in [1.54, 1.807) is 0 Å². The first kappa shape index (κ1) is 35.4. The number of nitrogens with zero attached hydrogens (tertiary/aromatic N) is 3. The van der Waals surface area contributed by atoms with Crippen LogP contribution >= 0.6 is 0 Å². The van der Waals surface area contributed by atoms with E-state index < -0.39 is 0 Å². The Morgan fingerprint density at radius 3 is 1.49 bits per heavy atom. The van der Waals surface area contributed by atoms with Gasteiger partial charge in [0.15, 0.2) is 0 Å². The highest BCUT2D eigenvalue weighted by Crippen LogP contribution is 2.45. The van der Waals surface area contributed by atoms with Gasteiger partial charge in [0, 0.05) is 49.1 Å². The van der Waals surface area contributed by atoms with Crippen LogP contribution in [0.15, 0.2) is 237 Å². The summed E-state index contributed by atoms with van der Waals surface area (Å²) in [5, 5.41) is 7.44. The average molecular weight is 802 g/mol. The molecule has 0 saturated carbocycles. The molecule has 0 aliphatic carbocycles. The first-order valence-corrected chi connectivity index (χ1v) is 21.7. The number of aromatic nitrogens is 3. The van der Waals surface area contributed by atoms with Crippen molar-refractivity contribution >= 4 is 65.4 Å². The van der Waals surface area contributed by atoms with Gasteiger partial charge in [-0.2, -0.15) is 0 Å². The zero-order valence-corrected chi connectivity index (χ0v) is 34.4. The molecule has 0 spiro atoms. The summed E-state index contributed by atoms with van der Waals surface area (Å²) >= 11 is 0. The smallest absolute Gasteiger partial charge is 0.0641 e. The van der Waals surface area contributed by atoms with E-state index in [9.17, 15) is 0 Å². The number of fused-ring (bicyclic) bond motifs is 10. The van der Waals surface area contributed by atoms with Gasteiger partial charge in [0.2, 0.25) is 0 Å². The second-order valence-electron chi connectivity index (χ2n) is 16.5. The summed E-state index contributed by atoms with van der Waals surface area (Å²) in [6, 6.07) is 86.4. The molecule has 0 saturated heterocycles. The van der Waals surface area contributed by atoms with Gasteiger partial charge < -0.3 is 13.7 Å². The Balaban J connectivity index is 1.05. The molecule has 0 N–H and O–H groups in total. The molecule has 13 rings (SSSR count). The summed E-state index contributed by atoms with van der Waals surface area (Å²) in [5.74, 6) is 0. The average Bonchev–Trinajstić information content (AvgIpc) is 4.00. The van der Waals surface area contributed by atoms with Gasteiger partial charge in [0.1, 0.15) is 0 Å². The lowest BCUT2D eigenvalue weighted by molar-refractivity contribution is 1.17. The van der Waals surface area contributed by atoms with Gasteiger partial charge in [-0.3, -0.25) is 0 Å². The molecule has 63 heavy (non-hydrogen) atoms. The van der Waals surface area contributed by atoms with Crippen LogP contribution in [0.25, 0.3) is 116 Å². The molecule has 294 valence electrons. The molecule has 0 aliphatic rings. The van der Waals surface area contributed by atoms with Gasteiger partial charge in [-0.15, -0.1) is 0 Å². The quantitative estimate of drug-likeness (QED) is 0.159. The predicted octanol–water partition coefficient (Wildman–Crippen LogP) is 16.0. The van der Waals surface area contributed by atoms with Crippen LogP contribution in [-0.2, 0) is 0 Å². The number of hydrogen-bond donors (Lipinski definition) is 0. The summed E-state index contributed by atoms with van der Waals surface area (Å²) in [6.07, 6.45) is 0. The number of para-hydroxylation sites is 5. The molecular weight excluding hydrogens is 763 g/mol. The lowest BCUT2D eigenvalue weighted by atomic mass is 9.97. The summed E-state index contributed by atoms with van der Waals surface area (Å²) in [6.45, 7) is 0. The minimum Gasteiger partial charge on any atom is -0.309 e. The van der Waals surface area contributed by atoms with Crippen LogP contribution in [-0.4, -0.2) is 13.7 Å². The van der Waals surface area contributed by atoms with E-state index in [-0.39, 0.29) is 0 Å². The molecule has 0 unspecified atom stereocenters. The molecule has 3 heteroatoms. The standard InChI is InChI=1S/C60H39N3/c1-4-18-40(19-5-1)42-32-34-46(41-20-6-2-7-21-41)58(39-42)63-54-30-16-12-26-48(54)51-38-43(33-36-56(51)63)45-24-10-14-28-52(45)62-55-31-17-13-27-50(55)59-57(62)37-35-49-47-25-11-15-29-53(47)61(60(49)59)44-22-8-3-9-23-44/h1-39H. The molecule has 0 aliphatic heterocycles. The Kier molecular flexibility index (Phi) is 7.91. The molecule has 3 heterocycles. The molecule has 13 aromatic rings. The monoisotopic (exact) mass is 801 g/mol. The third kappa shape index (κ3) is 5.40. The third-order valence-corrected chi connectivity index (χ3v) is 13.0. The molecule has 0 fully saturated rings. The van der Waals surface area contributed by atoms with Gasteiger partial charge in [-0.1, -0.05) is 176 Å². The number of benzene rings is 10. The summed E-state index contributed by atoms with van der Waals surface area (Å²) in [7, 11) is 0.